The maximum atomic E-state index is 11.3. The van der Waals surface area contributed by atoms with Crippen molar-refractivity contribution in [3.63, 3.8) is 0 Å². The Morgan fingerprint density at radius 1 is 1.22 bits per heavy atom. The van der Waals surface area contributed by atoms with Gasteiger partial charge in [0, 0.05) is 6.04 Å². The summed E-state index contributed by atoms with van der Waals surface area (Å²) in [6, 6.07) is 8.15. The van der Waals surface area contributed by atoms with Crippen LogP contribution < -0.4 is 5.73 Å². The van der Waals surface area contributed by atoms with Crippen molar-refractivity contribution in [1.82, 2.24) is 0 Å². The summed E-state index contributed by atoms with van der Waals surface area (Å²) >= 11 is 0. The maximum Gasteiger partial charge on any atom is 0.337 e. The minimum atomic E-state index is -0.273. The summed E-state index contributed by atoms with van der Waals surface area (Å²) in [5.41, 5.74) is 7.82. The summed E-state index contributed by atoms with van der Waals surface area (Å²) in [5, 5.41) is 0. The van der Waals surface area contributed by atoms with Crippen LogP contribution in [0.25, 0.3) is 0 Å². The number of nitrogens with two attached hydrogens (primary N) is 1. The van der Waals surface area contributed by atoms with Crippen LogP contribution in [0.5, 0.6) is 0 Å². The van der Waals surface area contributed by atoms with E-state index in [-0.39, 0.29) is 5.97 Å². The quantitative estimate of drug-likeness (QED) is 0.835. The van der Waals surface area contributed by atoms with Crippen LogP contribution in [0.3, 0.4) is 0 Å². The number of carbonyl (C=O) groups excluding carboxylic acids is 1. The molecule has 98 valence electrons. The molecule has 0 bridgehead atoms. The molecule has 0 spiro atoms. The fourth-order valence-electron chi connectivity index (χ4n) is 2.62. The molecule has 1 aliphatic carbocycles. The first-order valence-electron chi connectivity index (χ1n) is 6.62. The van der Waals surface area contributed by atoms with E-state index >= 15 is 0 Å². The topological polar surface area (TPSA) is 52.3 Å². The molecule has 0 aromatic heterocycles. The van der Waals surface area contributed by atoms with Crippen LogP contribution in [0.1, 0.15) is 41.6 Å². The van der Waals surface area contributed by atoms with Crippen LogP contribution in [0.2, 0.25) is 0 Å². The van der Waals surface area contributed by atoms with Gasteiger partial charge >= 0.3 is 5.97 Å². The van der Waals surface area contributed by atoms with Crippen LogP contribution in [0.15, 0.2) is 24.3 Å². The molecule has 0 unspecified atom stereocenters. The molecule has 1 saturated carbocycles. The van der Waals surface area contributed by atoms with Crippen LogP contribution in [-0.2, 0) is 11.2 Å². The zero-order chi connectivity index (χ0) is 13.0. The Balaban J connectivity index is 1.92. The highest BCUT2D eigenvalue weighted by Gasteiger charge is 2.18. The van der Waals surface area contributed by atoms with Gasteiger partial charge in [0.1, 0.15) is 0 Å². The number of benzene rings is 1. The van der Waals surface area contributed by atoms with Gasteiger partial charge in [-0.05, 0) is 55.7 Å². The SMILES string of the molecule is COC(=O)c1ccc(CC2CCC(N)CC2)cc1. The lowest BCUT2D eigenvalue weighted by Gasteiger charge is -2.26. The molecular weight excluding hydrogens is 226 g/mol. The van der Waals surface area contributed by atoms with Crippen LogP contribution in [0, 0.1) is 5.92 Å². The molecule has 1 aromatic rings. The van der Waals surface area contributed by atoms with E-state index in [0.29, 0.717) is 11.6 Å². The second kappa shape index (κ2) is 6.01. The summed E-state index contributed by atoms with van der Waals surface area (Å²) < 4.78 is 4.69. The molecule has 3 nitrogen and oxygen atoms in total. The van der Waals surface area contributed by atoms with E-state index in [9.17, 15) is 4.79 Å². The number of esters is 1. The average molecular weight is 247 g/mol. The highest BCUT2D eigenvalue weighted by atomic mass is 16.5. The van der Waals surface area contributed by atoms with Crippen molar-refractivity contribution < 1.29 is 9.53 Å². The molecule has 0 atom stereocenters. The van der Waals surface area contributed by atoms with Crippen molar-refractivity contribution in [2.24, 2.45) is 11.7 Å². The van der Waals surface area contributed by atoms with Crippen LogP contribution >= 0.6 is 0 Å². The molecule has 3 heteroatoms. The van der Waals surface area contributed by atoms with E-state index in [4.69, 9.17) is 5.73 Å². The average Bonchev–Trinajstić information content (AvgIpc) is 2.41. The van der Waals surface area contributed by atoms with Crippen molar-refractivity contribution >= 4 is 5.97 Å². The number of rotatable bonds is 3. The lowest BCUT2D eigenvalue weighted by Crippen LogP contribution is -2.27. The van der Waals surface area contributed by atoms with Gasteiger partial charge in [-0.3, -0.25) is 0 Å². The number of carbonyl (C=O) groups is 1. The fraction of sp³-hybridized carbons (Fsp3) is 0.533. The highest BCUT2D eigenvalue weighted by molar-refractivity contribution is 5.89. The lowest BCUT2D eigenvalue weighted by molar-refractivity contribution is 0.0600. The van der Waals surface area contributed by atoms with Gasteiger partial charge in [0.25, 0.3) is 0 Å². The molecule has 18 heavy (non-hydrogen) atoms. The monoisotopic (exact) mass is 247 g/mol. The van der Waals surface area contributed by atoms with E-state index in [0.717, 1.165) is 25.2 Å². The molecule has 2 N–H and O–H groups in total. The predicted molar refractivity (Wildman–Crippen MR) is 71.4 cm³/mol. The minimum absolute atomic E-state index is 0.273. The third kappa shape index (κ3) is 3.33. The predicted octanol–water partition coefficient (Wildman–Crippen LogP) is 2.53. The number of methoxy groups -OCH3 is 1. The van der Waals surface area contributed by atoms with Gasteiger partial charge in [-0.1, -0.05) is 12.1 Å². The summed E-state index contributed by atoms with van der Waals surface area (Å²) in [7, 11) is 1.40. The third-order valence-electron chi connectivity index (χ3n) is 3.79. The summed E-state index contributed by atoms with van der Waals surface area (Å²) in [6.45, 7) is 0. The molecule has 0 heterocycles. The smallest absolute Gasteiger partial charge is 0.337 e. The largest absolute Gasteiger partial charge is 0.465 e. The molecule has 0 amide bonds. The Morgan fingerprint density at radius 2 is 1.83 bits per heavy atom. The molecule has 0 saturated heterocycles. The molecular formula is C15H21NO2. The van der Waals surface area contributed by atoms with E-state index in [1.54, 1.807) is 0 Å². The Hall–Kier alpha value is -1.35. The first kappa shape index (κ1) is 13.1. The number of hydrogen-bond donors (Lipinski definition) is 1. The Kier molecular flexibility index (Phi) is 4.37. The first-order chi connectivity index (χ1) is 8.69. The van der Waals surface area contributed by atoms with Crippen LogP contribution in [0.4, 0.5) is 0 Å². The minimum Gasteiger partial charge on any atom is -0.465 e. The van der Waals surface area contributed by atoms with Gasteiger partial charge in [-0.25, -0.2) is 4.79 Å². The summed E-state index contributed by atoms with van der Waals surface area (Å²) in [6.07, 6.45) is 5.82. The zero-order valence-electron chi connectivity index (χ0n) is 10.9. The van der Waals surface area contributed by atoms with E-state index in [1.165, 1.54) is 25.5 Å². The van der Waals surface area contributed by atoms with Gasteiger partial charge in [-0.15, -0.1) is 0 Å². The van der Waals surface area contributed by atoms with Crippen molar-refractivity contribution in [2.75, 3.05) is 7.11 Å². The molecule has 1 aromatic carbocycles. The molecule has 1 fully saturated rings. The van der Waals surface area contributed by atoms with Crippen molar-refractivity contribution in [3.8, 4) is 0 Å². The normalized spacial score (nSPS) is 23.7. The second-order valence-electron chi connectivity index (χ2n) is 5.17. The van der Waals surface area contributed by atoms with Gasteiger partial charge < -0.3 is 10.5 Å². The molecule has 0 radical (unpaired) electrons. The third-order valence-corrected chi connectivity index (χ3v) is 3.79. The van der Waals surface area contributed by atoms with E-state index in [1.807, 2.05) is 24.3 Å². The van der Waals surface area contributed by atoms with E-state index in [2.05, 4.69) is 4.74 Å². The standard InChI is InChI=1S/C15H21NO2/c1-18-15(17)13-6-2-11(3-7-13)10-12-4-8-14(16)9-5-12/h2-3,6-7,12,14H,4-5,8-10,16H2,1H3. The Labute approximate surface area is 108 Å². The summed E-state index contributed by atoms with van der Waals surface area (Å²) in [4.78, 5) is 11.3. The number of ether oxygens (including phenoxy) is 1. The van der Waals surface area contributed by atoms with Gasteiger partial charge in [0.15, 0.2) is 0 Å². The van der Waals surface area contributed by atoms with Crippen molar-refractivity contribution in [3.05, 3.63) is 35.4 Å². The fourth-order valence-corrected chi connectivity index (χ4v) is 2.62. The van der Waals surface area contributed by atoms with Crippen LogP contribution in [-0.4, -0.2) is 19.1 Å². The zero-order valence-corrected chi connectivity index (χ0v) is 10.9. The molecule has 0 aliphatic heterocycles. The second-order valence-corrected chi connectivity index (χ2v) is 5.17. The Morgan fingerprint density at radius 3 is 2.39 bits per heavy atom. The first-order valence-corrected chi connectivity index (χ1v) is 6.62. The maximum absolute atomic E-state index is 11.3. The van der Waals surface area contributed by atoms with Gasteiger partial charge in [0.05, 0.1) is 12.7 Å². The summed E-state index contributed by atoms with van der Waals surface area (Å²) in [5.74, 6) is 0.471. The lowest BCUT2D eigenvalue weighted by atomic mass is 9.83. The van der Waals surface area contributed by atoms with Gasteiger partial charge in [0.2, 0.25) is 0 Å². The van der Waals surface area contributed by atoms with Crippen molar-refractivity contribution in [1.29, 1.82) is 0 Å². The Bertz CT molecular complexity index is 391. The highest BCUT2D eigenvalue weighted by Crippen LogP contribution is 2.26. The van der Waals surface area contributed by atoms with Gasteiger partial charge in [-0.2, -0.15) is 0 Å². The van der Waals surface area contributed by atoms with E-state index < -0.39 is 0 Å². The number of hydrogen-bond acceptors (Lipinski definition) is 3. The molecule has 1 aliphatic rings. The van der Waals surface area contributed by atoms with Crippen molar-refractivity contribution in [2.45, 2.75) is 38.1 Å². The molecule has 2 rings (SSSR count).